The van der Waals surface area contributed by atoms with E-state index in [9.17, 15) is 14.4 Å². The van der Waals surface area contributed by atoms with Crippen molar-refractivity contribution >= 4 is 29.4 Å². The Kier molecular flexibility index (Phi) is 5.46. The largest absolute Gasteiger partial charge is 0.333 e. The molecule has 0 aromatic heterocycles. The predicted octanol–water partition coefficient (Wildman–Crippen LogP) is 0.944. The smallest absolute Gasteiger partial charge is 0.295 e. The summed E-state index contributed by atoms with van der Waals surface area (Å²) in [6, 6.07) is -1.09. The third-order valence-corrected chi connectivity index (χ3v) is 6.12. The van der Waals surface area contributed by atoms with E-state index in [1.807, 2.05) is 4.58 Å². The minimum atomic E-state index is -0.712. The van der Waals surface area contributed by atoms with Gasteiger partial charge in [0.15, 0.2) is 11.8 Å². The fraction of sp³-hybridized carbons (Fsp3) is 0.737. The lowest BCUT2D eigenvalue weighted by Crippen LogP contribution is -2.63. The highest BCUT2D eigenvalue weighted by atomic mass is 16.2. The van der Waals surface area contributed by atoms with Crippen molar-refractivity contribution in [1.29, 1.82) is 0 Å². The number of likely N-dealkylation sites (tertiary alicyclic amines) is 1. The average Bonchev–Trinajstić information content (AvgIpc) is 3.03. The number of hydrogen-bond acceptors (Lipinski definition) is 5. The van der Waals surface area contributed by atoms with E-state index in [0.29, 0.717) is 24.3 Å². The number of amides is 3. The highest BCUT2D eigenvalue weighted by molar-refractivity contribution is 6.23. The standard InChI is InChI=1S/C19H30N5O3/c1-6-14-9-7-8-10-23(14)11-15-20-17-16(24(15)12(2)13(3)25)18(26)22(5)19(27)21(17)4/h12,14,16H,6-11H2,1-5H3/q+1. The quantitative estimate of drug-likeness (QED) is 0.670. The summed E-state index contributed by atoms with van der Waals surface area (Å²) in [6.45, 7) is 7.10. The van der Waals surface area contributed by atoms with E-state index < -0.39 is 18.1 Å². The number of likely N-dealkylation sites (N-methyl/N-ethyl adjacent to an activating group) is 2. The molecule has 3 amide bonds. The lowest BCUT2D eigenvalue weighted by Gasteiger charge is -2.34. The van der Waals surface area contributed by atoms with Gasteiger partial charge in [-0.2, -0.15) is 0 Å². The Balaban J connectivity index is 2.01. The molecule has 0 spiro atoms. The van der Waals surface area contributed by atoms with Gasteiger partial charge in [0, 0.05) is 20.1 Å². The zero-order valence-electron chi connectivity index (χ0n) is 16.9. The normalized spacial score (nSPS) is 27.8. The number of Topliss-reactive ketones (excluding diaryl/α,β-unsaturated/α-hetero) is 1. The molecule has 3 aliphatic heterocycles. The van der Waals surface area contributed by atoms with Gasteiger partial charge in [0.25, 0.3) is 17.8 Å². The van der Waals surface area contributed by atoms with Gasteiger partial charge in [0.1, 0.15) is 6.54 Å². The molecule has 2 saturated heterocycles. The van der Waals surface area contributed by atoms with Gasteiger partial charge >= 0.3 is 11.9 Å². The van der Waals surface area contributed by atoms with Crippen molar-refractivity contribution in [2.45, 2.75) is 64.6 Å². The maximum atomic E-state index is 12.9. The van der Waals surface area contributed by atoms with Crippen LogP contribution in [0.5, 0.6) is 0 Å². The number of hydrogen-bond donors (Lipinski definition) is 0. The number of aliphatic imine (C=N–C) groups is 1. The second-order valence-corrected chi connectivity index (χ2v) is 7.75. The number of fused-ring (bicyclic) bond motifs is 1. The van der Waals surface area contributed by atoms with E-state index in [1.165, 1.54) is 25.3 Å². The first-order chi connectivity index (χ1) is 12.8. The second kappa shape index (κ2) is 7.50. The topological polar surface area (TPSA) is 76.3 Å². The Hall–Kier alpha value is -2.09. The van der Waals surface area contributed by atoms with Crippen molar-refractivity contribution < 1.29 is 19.0 Å². The van der Waals surface area contributed by atoms with E-state index >= 15 is 0 Å². The summed E-state index contributed by atoms with van der Waals surface area (Å²) in [5.74, 6) is 0.785. The minimum Gasteiger partial charge on any atom is -0.295 e. The third-order valence-electron chi connectivity index (χ3n) is 6.12. The molecule has 0 aliphatic carbocycles. The van der Waals surface area contributed by atoms with E-state index in [2.05, 4.69) is 11.8 Å². The Labute approximate surface area is 160 Å². The van der Waals surface area contributed by atoms with Crippen LogP contribution in [0.4, 0.5) is 4.79 Å². The summed E-state index contributed by atoms with van der Waals surface area (Å²) in [4.78, 5) is 47.0. The molecule has 3 heterocycles. The zero-order valence-corrected chi connectivity index (χ0v) is 16.9. The lowest BCUT2D eigenvalue weighted by atomic mass is 10.00. The van der Waals surface area contributed by atoms with Crippen LogP contribution in [0.15, 0.2) is 4.99 Å². The lowest BCUT2D eigenvalue weighted by molar-refractivity contribution is -0.556. The van der Waals surface area contributed by atoms with Crippen LogP contribution < -0.4 is 0 Å². The number of amidine groups is 2. The van der Waals surface area contributed by atoms with Crippen molar-refractivity contribution in [3.8, 4) is 0 Å². The summed E-state index contributed by atoms with van der Waals surface area (Å²) in [5.41, 5.74) is 0. The molecule has 0 aromatic rings. The van der Waals surface area contributed by atoms with Gasteiger partial charge in [-0.15, -0.1) is 0 Å². The van der Waals surface area contributed by atoms with Gasteiger partial charge in [-0.25, -0.2) is 9.37 Å². The summed E-state index contributed by atoms with van der Waals surface area (Å²) >= 11 is 0. The molecule has 0 N–H and O–H groups in total. The maximum absolute atomic E-state index is 12.9. The summed E-state index contributed by atoms with van der Waals surface area (Å²) in [5, 5.41) is 0. The van der Waals surface area contributed by atoms with Crippen LogP contribution in [0.2, 0.25) is 0 Å². The molecule has 8 nitrogen and oxygen atoms in total. The molecular weight excluding hydrogens is 346 g/mol. The number of rotatable bonds is 5. The number of nitrogens with zero attached hydrogens (tertiary/aromatic N) is 5. The van der Waals surface area contributed by atoms with Gasteiger partial charge in [-0.1, -0.05) is 13.3 Å². The SMILES string of the molecule is CCC1CCCCN1CC1=[N+](C(C)C(C)=O)C2C(=O)N(C)C(=O)N(C)C2=N1. The monoisotopic (exact) mass is 376 g/mol. The van der Waals surface area contributed by atoms with Crippen LogP contribution in [0.1, 0.15) is 46.5 Å². The molecule has 3 atom stereocenters. The first kappa shape index (κ1) is 19.7. The van der Waals surface area contributed by atoms with Gasteiger partial charge < -0.3 is 0 Å². The first-order valence-corrected chi connectivity index (χ1v) is 9.80. The molecule has 27 heavy (non-hydrogen) atoms. The molecule has 2 fully saturated rings. The number of urea groups is 1. The molecule has 0 aromatic carbocycles. The summed E-state index contributed by atoms with van der Waals surface area (Å²) < 4.78 is 1.82. The van der Waals surface area contributed by atoms with Crippen molar-refractivity contribution in [3.63, 3.8) is 0 Å². The van der Waals surface area contributed by atoms with Crippen LogP contribution in [-0.4, -0.2) is 94.0 Å². The number of carbonyl (C=O) groups is 3. The van der Waals surface area contributed by atoms with E-state index in [4.69, 9.17) is 4.99 Å². The van der Waals surface area contributed by atoms with Gasteiger partial charge in [0.2, 0.25) is 0 Å². The molecule has 3 aliphatic rings. The summed E-state index contributed by atoms with van der Waals surface area (Å²) in [7, 11) is 3.11. The Morgan fingerprint density at radius 1 is 1.26 bits per heavy atom. The van der Waals surface area contributed by atoms with Crippen molar-refractivity contribution in [3.05, 3.63) is 0 Å². The Morgan fingerprint density at radius 2 is 1.96 bits per heavy atom. The van der Waals surface area contributed by atoms with Crippen LogP contribution in [0, 0.1) is 0 Å². The van der Waals surface area contributed by atoms with Crippen molar-refractivity contribution in [2.75, 3.05) is 27.2 Å². The highest BCUT2D eigenvalue weighted by Gasteiger charge is 2.54. The number of carbonyl (C=O) groups excluding carboxylic acids is 3. The maximum Gasteiger partial charge on any atom is 0.333 e. The van der Waals surface area contributed by atoms with Crippen LogP contribution in [-0.2, 0) is 9.59 Å². The first-order valence-electron chi connectivity index (χ1n) is 9.80. The van der Waals surface area contributed by atoms with Crippen molar-refractivity contribution in [2.24, 2.45) is 4.99 Å². The Morgan fingerprint density at radius 3 is 2.59 bits per heavy atom. The molecule has 0 bridgehead atoms. The summed E-state index contributed by atoms with van der Waals surface area (Å²) in [6.07, 6.45) is 4.60. The molecule has 0 saturated carbocycles. The number of imide groups is 1. The second-order valence-electron chi connectivity index (χ2n) is 7.75. The molecule has 3 unspecified atom stereocenters. The molecule has 8 heteroatoms. The van der Waals surface area contributed by atoms with E-state index in [0.717, 1.165) is 30.7 Å². The Bertz CT molecular complexity index is 729. The predicted molar refractivity (Wildman–Crippen MR) is 102 cm³/mol. The fourth-order valence-electron chi connectivity index (χ4n) is 4.29. The minimum absolute atomic E-state index is 0.0235. The van der Waals surface area contributed by atoms with Crippen LogP contribution in [0.3, 0.4) is 0 Å². The zero-order chi connectivity index (χ0) is 19.9. The molecule has 0 radical (unpaired) electrons. The molecule has 148 valence electrons. The van der Waals surface area contributed by atoms with Crippen molar-refractivity contribution in [1.82, 2.24) is 14.7 Å². The number of piperidine rings is 1. The molecular formula is C19H30N5O3+. The van der Waals surface area contributed by atoms with Crippen LogP contribution >= 0.6 is 0 Å². The van der Waals surface area contributed by atoms with Gasteiger partial charge in [-0.3, -0.25) is 24.3 Å². The van der Waals surface area contributed by atoms with Gasteiger partial charge in [-0.05, 0) is 44.6 Å². The highest BCUT2D eigenvalue weighted by Crippen LogP contribution is 2.24. The third kappa shape index (κ3) is 3.31. The van der Waals surface area contributed by atoms with Gasteiger partial charge in [0.05, 0.1) is 0 Å². The fourth-order valence-corrected chi connectivity index (χ4v) is 4.29. The van der Waals surface area contributed by atoms with E-state index in [1.54, 1.807) is 14.0 Å². The average molecular weight is 376 g/mol. The molecule has 3 rings (SSSR count). The van der Waals surface area contributed by atoms with E-state index in [-0.39, 0.29) is 11.7 Å². The number of ketones is 1. The van der Waals surface area contributed by atoms with Crippen LogP contribution in [0.25, 0.3) is 0 Å².